The molecule has 0 bridgehead atoms. The lowest BCUT2D eigenvalue weighted by Crippen LogP contribution is -2.27. The molecule has 0 radical (unpaired) electrons. The number of aliphatic hydroxyl groups is 2. The van der Waals surface area contributed by atoms with Crippen LogP contribution < -0.4 is 0 Å². The van der Waals surface area contributed by atoms with Gasteiger partial charge in [-0.2, -0.15) is 0 Å². The van der Waals surface area contributed by atoms with Gasteiger partial charge >= 0.3 is 11.9 Å². The van der Waals surface area contributed by atoms with Gasteiger partial charge in [-0.15, -0.1) is 0 Å². The fraction of sp³-hybridized carbons (Fsp3) is 0.200. The highest BCUT2D eigenvalue weighted by Crippen LogP contribution is 2.20. The van der Waals surface area contributed by atoms with Crippen molar-refractivity contribution >= 4 is 11.9 Å². The molecule has 0 fully saturated rings. The largest absolute Gasteiger partial charge is 0.479 e. The second kappa shape index (κ2) is 4.89. The fourth-order valence-corrected chi connectivity index (χ4v) is 1.21. The minimum atomic E-state index is -2.11. The molecule has 7 heteroatoms. The third kappa shape index (κ3) is 2.77. The molecule has 0 aliphatic heterocycles. The number of carboxylic acid groups (broad SMARTS) is 2. The Morgan fingerprint density at radius 3 is 2.24 bits per heavy atom. The summed E-state index contributed by atoms with van der Waals surface area (Å²) in [6.07, 6.45) is -3.94. The number of benzene rings is 1. The zero-order valence-corrected chi connectivity index (χ0v) is 8.37. The standard InChI is InChI=1S/C10H9FO6/c11-6-2-1-4(3-5(6)9(14)15)7(12)8(13)10(16)17/h1-3,7-8,12-13H,(H,14,15)(H,16,17). The molecule has 0 heterocycles. The SMILES string of the molecule is O=C(O)c1cc(C(O)C(O)C(=O)O)ccc1F. The number of aliphatic carboxylic acids is 1. The molecule has 1 aromatic carbocycles. The highest BCUT2D eigenvalue weighted by molar-refractivity contribution is 5.88. The van der Waals surface area contributed by atoms with E-state index in [-0.39, 0.29) is 5.56 Å². The first-order valence-corrected chi connectivity index (χ1v) is 4.46. The van der Waals surface area contributed by atoms with Crippen molar-refractivity contribution in [1.29, 1.82) is 0 Å². The van der Waals surface area contributed by atoms with Crippen LogP contribution in [0.2, 0.25) is 0 Å². The quantitative estimate of drug-likeness (QED) is 0.592. The van der Waals surface area contributed by atoms with E-state index in [0.717, 1.165) is 18.2 Å². The van der Waals surface area contributed by atoms with Gasteiger partial charge in [0, 0.05) is 0 Å². The minimum Gasteiger partial charge on any atom is -0.479 e. The maximum atomic E-state index is 13.0. The molecule has 1 aromatic rings. The zero-order valence-electron chi connectivity index (χ0n) is 8.37. The van der Waals surface area contributed by atoms with E-state index in [9.17, 15) is 19.1 Å². The number of halogens is 1. The van der Waals surface area contributed by atoms with Gasteiger partial charge in [0.05, 0.1) is 5.56 Å². The van der Waals surface area contributed by atoms with Crippen LogP contribution >= 0.6 is 0 Å². The first-order valence-electron chi connectivity index (χ1n) is 4.46. The maximum absolute atomic E-state index is 13.0. The number of carbonyl (C=O) groups is 2. The molecule has 0 aliphatic rings. The first kappa shape index (κ1) is 13.1. The number of hydrogen-bond donors (Lipinski definition) is 4. The average Bonchev–Trinajstić information content (AvgIpc) is 2.27. The van der Waals surface area contributed by atoms with Crippen molar-refractivity contribution in [1.82, 2.24) is 0 Å². The molecule has 2 unspecified atom stereocenters. The van der Waals surface area contributed by atoms with Crippen LogP contribution in [0, 0.1) is 5.82 Å². The van der Waals surface area contributed by atoms with Gasteiger partial charge in [0.15, 0.2) is 6.10 Å². The summed E-state index contributed by atoms with van der Waals surface area (Å²) in [4.78, 5) is 21.0. The fourth-order valence-electron chi connectivity index (χ4n) is 1.21. The number of carboxylic acids is 2. The summed E-state index contributed by atoms with van der Waals surface area (Å²) in [5, 5.41) is 35.5. The van der Waals surface area contributed by atoms with E-state index in [1.807, 2.05) is 0 Å². The van der Waals surface area contributed by atoms with Crippen LogP contribution in [-0.2, 0) is 4.79 Å². The van der Waals surface area contributed by atoms with Crippen molar-refractivity contribution < 1.29 is 34.4 Å². The normalized spacial score (nSPS) is 14.1. The minimum absolute atomic E-state index is 0.196. The van der Waals surface area contributed by atoms with Crippen LogP contribution in [0.1, 0.15) is 22.0 Å². The van der Waals surface area contributed by atoms with E-state index in [1.165, 1.54) is 0 Å². The molecule has 0 amide bonds. The highest BCUT2D eigenvalue weighted by atomic mass is 19.1. The zero-order chi connectivity index (χ0) is 13.2. The molecule has 17 heavy (non-hydrogen) atoms. The number of aromatic carboxylic acids is 1. The summed E-state index contributed by atoms with van der Waals surface area (Å²) in [5.41, 5.74) is -0.905. The van der Waals surface area contributed by atoms with E-state index in [2.05, 4.69) is 0 Å². The van der Waals surface area contributed by atoms with E-state index >= 15 is 0 Å². The molecular formula is C10H9FO6. The lowest BCUT2D eigenvalue weighted by Gasteiger charge is -2.14. The Morgan fingerprint density at radius 1 is 1.18 bits per heavy atom. The van der Waals surface area contributed by atoms with Gasteiger partial charge in [-0.05, 0) is 17.7 Å². The van der Waals surface area contributed by atoms with Crippen LogP contribution in [-0.4, -0.2) is 38.5 Å². The third-order valence-corrected chi connectivity index (χ3v) is 2.11. The Labute approximate surface area is 94.6 Å². The Hall–Kier alpha value is -1.99. The Morgan fingerprint density at radius 2 is 1.76 bits per heavy atom. The van der Waals surface area contributed by atoms with Crippen molar-refractivity contribution in [3.05, 3.63) is 35.1 Å². The van der Waals surface area contributed by atoms with E-state index in [1.54, 1.807) is 0 Å². The highest BCUT2D eigenvalue weighted by Gasteiger charge is 2.26. The van der Waals surface area contributed by atoms with Crippen LogP contribution in [0.5, 0.6) is 0 Å². The van der Waals surface area contributed by atoms with Crippen LogP contribution in [0.3, 0.4) is 0 Å². The molecule has 92 valence electrons. The molecule has 1 rings (SSSR count). The summed E-state index contributed by atoms with van der Waals surface area (Å²) in [6.45, 7) is 0. The van der Waals surface area contributed by atoms with Gasteiger partial charge < -0.3 is 20.4 Å². The molecule has 0 saturated carbocycles. The Kier molecular flexibility index (Phi) is 3.77. The van der Waals surface area contributed by atoms with Crippen molar-refractivity contribution in [2.24, 2.45) is 0 Å². The van der Waals surface area contributed by atoms with E-state index in [4.69, 9.17) is 15.3 Å². The molecule has 6 nitrogen and oxygen atoms in total. The molecule has 0 saturated heterocycles. The predicted molar refractivity (Wildman–Crippen MR) is 52.0 cm³/mol. The second-order valence-corrected chi connectivity index (χ2v) is 3.27. The van der Waals surface area contributed by atoms with Crippen molar-refractivity contribution in [3.8, 4) is 0 Å². The second-order valence-electron chi connectivity index (χ2n) is 3.27. The lowest BCUT2D eigenvalue weighted by atomic mass is 10.0. The van der Waals surface area contributed by atoms with Crippen molar-refractivity contribution in [2.75, 3.05) is 0 Å². The van der Waals surface area contributed by atoms with Crippen LogP contribution in [0.4, 0.5) is 4.39 Å². The molecule has 2 atom stereocenters. The number of rotatable bonds is 4. The molecule has 0 aromatic heterocycles. The molecule has 4 N–H and O–H groups in total. The van der Waals surface area contributed by atoms with Gasteiger partial charge in [0.25, 0.3) is 0 Å². The van der Waals surface area contributed by atoms with E-state index in [0.29, 0.717) is 0 Å². The van der Waals surface area contributed by atoms with Crippen molar-refractivity contribution in [2.45, 2.75) is 12.2 Å². The van der Waals surface area contributed by atoms with Gasteiger partial charge in [0.2, 0.25) is 0 Å². The average molecular weight is 244 g/mol. The molecule has 0 spiro atoms. The van der Waals surface area contributed by atoms with E-state index < -0.39 is 35.5 Å². The number of aliphatic hydroxyl groups excluding tert-OH is 2. The van der Waals surface area contributed by atoms with Gasteiger partial charge in [-0.1, -0.05) is 6.07 Å². The van der Waals surface area contributed by atoms with Crippen LogP contribution in [0.15, 0.2) is 18.2 Å². The van der Waals surface area contributed by atoms with Gasteiger partial charge in [-0.25, -0.2) is 14.0 Å². The van der Waals surface area contributed by atoms with Crippen molar-refractivity contribution in [3.63, 3.8) is 0 Å². The summed E-state index contributed by atoms with van der Waals surface area (Å²) >= 11 is 0. The van der Waals surface area contributed by atoms with Crippen LogP contribution in [0.25, 0.3) is 0 Å². The smallest absolute Gasteiger partial charge is 0.338 e. The topological polar surface area (TPSA) is 115 Å². The number of hydrogen-bond acceptors (Lipinski definition) is 4. The van der Waals surface area contributed by atoms with Gasteiger partial charge in [-0.3, -0.25) is 0 Å². The monoisotopic (exact) mass is 244 g/mol. The lowest BCUT2D eigenvalue weighted by molar-refractivity contribution is -0.153. The Bertz CT molecular complexity index is 458. The molecule has 0 aliphatic carbocycles. The predicted octanol–water partition coefficient (Wildman–Crippen LogP) is 0.00280. The Balaban J connectivity index is 3.11. The molecular weight excluding hydrogens is 235 g/mol. The van der Waals surface area contributed by atoms with Gasteiger partial charge in [0.1, 0.15) is 11.9 Å². The maximum Gasteiger partial charge on any atom is 0.338 e. The summed E-state index contributed by atoms with van der Waals surface area (Å²) in [7, 11) is 0. The first-order chi connectivity index (χ1) is 7.84. The summed E-state index contributed by atoms with van der Waals surface area (Å²) in [5.74, 6) is -4.24. The summed E-state index contributed by atoms with van der Waals surface area (Å²) in [6, 6.07) is 2.55. The third-order valence-electron chi connectivity index (χ3n) is 2.11. The summed E-state index contributed by atoms with van der Waals surface area (Å²) < 4.78 is 13.0.